The number of likely N-dealkylation sites (N-methyl/N-ethyl adjacent to an activating group) is 1. The van der Waals surface area contributed by atoms with Crippen LogP contribution in [-0.4, -0.2) is 78.5 Å². The van der Waals surface area contributed by atoms with Crippen molar-refractivity contribution in [2.75, 3.05) is 39.8 Å². The van der Waals surface area contributed by atoms with Gasteiger partial charge in [0.15, 0.2) is 0 Å². The van der Waals surface area contributed by atoms with Gasteiger partial charge in [0, 0.05) is 51.4 Å². The van der Waals surface area contributed by atoms with E-state index in [1.165, 1.54) is 16.2 Å². The first-order valence-corrected chi connectivity index (χ1v) is 12.1. The quantitative estimate of drug-likeness (QED) is 0.630. The van der Waals surface area contributed by atoms with Gasteiger partial charge in [-0.2, -0.15) is 11.3 Å². The van der Waals surface area contributed by atoms with Gasteiger partial charge in [-0.15, -0.1) is 0 Å². The fraction of sp³-hybridized carbons (Fsp3) is 0.609. The summed E-state index contributed by atoms with van der Waals surface area (Å²) < 4.78 is 5.38. The molecule has 9 heteroatoms. The Bertz CT molecular complexity index is 867. The summed E-state index contributed by atoms with van der Waals surface area (Å²) in [6.45, 7) is 10.6. The van der Waals surface area contributed by atoms with Gasteiger partial charge in [0.2, 0.25) is 5.91 Å². The predicted molar refractivity (Wildman–Crippen MR) is 124 cm³/mol. The van der Waals surface area contributed by atoms with Crippen LogP contribution in [0.1, 0.15) is 45.7 Å². The molecule has 8 nitrogen and oxygen atoms in total. The number of hydrogen-bond donors (Lipinski definition) is 1. The topological polar surface area (TPSA) is 82.2 Å². The minimum Gasteiger partial charge on any atom is -0.463 e. The van der Waals surface area contributed by atoms with Crippen molar-refractivity contribution in [2.24, 2.45) is 5.92 Å². The van der Waals surface area contributed by atoms with Crippen LogP contribution in [0.3, 0.4) is 0 Å². The van der Waals surface area contributed by atoms with Crippen LogP contribution < -0.4 is 5.32 Å². The van der Waals surface area contributed by atoms with E-state index in [1.54, 1.807) is 14.0 Å². The molecule has 3 heterocycles. The molecule has 32 heavy (non-hydrogen) atoms. The fourth-order valence-electron chi connectivity index (χ4n) is 4.31. The van der Waals surface area contributed by atoms with Gasteiger partial charge in [-0.25, -0.2) is 9.59 Å². The van der Waals surface area contributed by atoms with Gasteiger partial charge in [0.25, 0.3) is 0 Å². The smallest absolute Gasteiger partial charge is 0.338 e. The lowest BCUT2D eigenvalue weighted by Crippen LogP contribution is -2.56. The van der Waals surface area contributed by atoms with Crippen molar-refractivity contribution >= 4 is 29.2 Å². The Kier molecular flexibility index (Phi) is 7.95. The van der Waals surface area contributed by atoms with Crippen LogP contribution in [0, 0.1) is 5.92 Å². The molecular weight excluding hydrogens is 428 g/mol. The van der Waals surface area contributed by atoms with Crippen molar-refractivity contribution in [3.05, 3.63) is 33.7 Å². The third-order valence-electron chi connectivity index (χ3n) is 5.94. The summed E-state index contributed by atoms with van der Waals surface area (Å²) in [4.78, 5) is 44.0. The molecule has 1 N–H and O–H groups in total. The zero-order chi connectivity index (χ0) is 23.4. The van der Waals surface area contributed by atoms with Crippen molar-refractivity contribution < 1.29 is 19.1 Å². The van der Waals surface area contributed by atoms with E-state index in [-0.39, 0.29) is 24.6 Å². The number of thiophene rings is 1. The summed E-state index contributed by atoms with van der Waals surface area (Å²) in [5.74, 6) is 0.100. The molecule has 0 radical (unpaired) electrons. The highest BCUT2D eigenvalue weighted by molar-refractivity contribution is 7.08. The maximum atomic E-state index is 13.0. The third-order valence-corrected chi connectivity index (χ3v) is 6.64. The van der Waals surface area contributed by atoms with E-state index < -0.39 is 12.0 Å². The van der Waals surface area contributed by atoms with E-state index in [1.807, 2.05) is 21.7 Å². The molecule has 3 amide bonds. The minimum absolute atomic E-state index is 0.0667. The van der Waals surface area contributed by atoms with Crippen LogP contribution in [0.15, 0.2) is 28.1 Å². The lowest BCUT2D eigenvalue weighted by molar-refractivity contribution is -0.139. The van der Waals surface area contributed by atoms with Crippen molar-refractivity contribution in [1.29, 1.82) is 0 Å². The van der Waals surface area contributed by atoms with Crippen molar-refractivity contribution in [1.82, 2.24) is 20.0 Å². The van der Waals surface area contributed by atoms with Crippen molar-refractivity contribution in [3.8, 4) is 0 Å². The molecule has 0 bridgehead atoms. The first kappa shape index (κ1) is 24.3. The molecule has 1 saturated heterocycles. The average molecular weight is 463 g/mol. The fourth-order valence-corrected chi connectivity index (χ4v) is 5.00. The second-order valence-corrected chi connectivity index (χ2v) is 9.63. The molecule has 1 fully saturated rings. The first-order valence-electron chi connectivity index (χ1n) is 11.2. The Morgan fingerprint density at radius 3 is 2.66 bits per heavy atom. The summed E-state index contributed by atoms with van der Waals surface area (Å²) in [5.41, 5.74) is 1.99. The van der Waals surface area contributed by atoms with Crippen molar-refractivity contribution in [3.63, 3.8) is 0 Å². The maximum Gasteiger partial charge on any atom is 0.338 e. The van der Waals surface area contributed by atoms with Gasteiger partial charge in [0.05, 0.1) is 18.2 Å². The van der Waals surface area contributed by atoms with Gasteiger partial charge in [-0.3, -0.25) is 14.6 Å². The lowest BCUT2D eigenvalue weighted by atomic mass is 9.96. The van der Waals surface area contributed by atoms with Crippen LogP contribution in [0.5, 0.6) is 0 Å². The van der Waals surface area contributed by atoms with Gasteiger partial charge in [-0.05, 0) is 42.2 Å². The molecular formula is C23H34N4O4S. The van der Waals surface area contributed by atoms with Crippen LogP contribution in [0.4, 0.5) is 4.79 Å². The minimum atomic E-state index is -0.537. The van der Waals surface area contributed by atoms with E-state index >= 15 is 0 Å². The lowest BCUT2D eigenvalue weighted by Gasteiger charge is -2.42. The van der Waals surface area contributed by atoms with Crippen LogP contribution in [0.2, 0.25) is 0 Å². The highest BCUT2D eigenvalue weighted by Crippen LogP contribution is 2.32. The van der Waals surface area contributed by atoms with Crippen molar-refractivity contribution in [2.45, 2.75) is 46.2 Å². The van der Waals surface area contributed by atoms with Crippen LogP contribution >= 0.6 is 11.3 Å². The SMILES string of the molecule is CCOC(=O)C1=C(CN2CCN(C(=O)CC(C)C)[C@H](C)C2)N(C)C(=O)N[C@H]1c1ccsc1. The Labute approximate surface area is 194 Å². The Morgan fingerprint density at radius 1 is 1.31 bits per heavy atom. The summed E-state index contributed by atoms with van der Waals surface area (Å²) >= 11 is 1.52. The predicted octanol–water partition coefficient (Wildman–Crippen LogP) is 2.84. The summed E-state index contributed by atoms with van der Waals surface area (Å²) in [5, 5.41) is 6.80. The van der Waals surface area contributed by atoms with Gasteiger partial charge >= 0.3 is 12.0 Å². The first-order chi connectivity index (χ1) is 15.2. The van der Waals surface area contributed by atoms with Crippen LogP contribution in [0.25, 0.3) is 0 Å². The average Bonchev–Trinajstić information content (AvgIpc) is 3.25. The summed E-state index contributed by atoms with van der Waals surface area (Å²) in [7, 11) is 1.68. The highest BCUT2D eigenvalue weighted by atomic mass is 32.1. The number of carbonyl (C=O) groups excluding carboxylic acids is 3. The summed E-state index contributed by atoms with van der Waals surface area (Å²) in [6.07, 6.45) is 0.549. The van der Waals surface area contributed by atoms with E-state index in [2.05, 4.69) is 31.0 Å². The number of ether oxygens (including phenoxy) is 1. The van der Waals surface area contributed by atoms with E-state index in [9.17, 15) is 14.4 Å². The molecule has 2 aliphatic heterocycles. The number of piperazine rings is 1. The number of nitrogens with zero attached hydrogens (tertiary/aromatic N) is 3. The second-order valence-electron chi connectivity index (χ2n) is 8.85. The molecule has 2 aliphatic rings. The molecule has 1 aromatic rings. The van der Waals surface area contributed by atoms with Gasteiger partial charge in [-0.1, -0.05) is 13.8 Å². The molecule has 176 valence electrons. The molecule has 0 aromatic carbocycles. The standard InChI is InChI=1S/C23H34N4O4S/c1-6-31-22(29)20-18(25(5)23(30)24-21(20)17-7-10-32-14-17)13-26-8-9-27(16(4)12-26)19(28)11-15(2)3/h7,10,14-16,21H,6,8-9,11-13H2,1-5H3,(H,24,30)/t16-,21+/m1/s1. The maximum absolute atomic E-state index is 13.0. The molecule has 3 rings (SSSR count). The molecule has 0 saturated carbocycles. The normalized spacial score (nSPS) is 22.4. The Hall–Kier alpha value is -2.39. The number of hydrogen-bond acceptors (Lipinski definition) is 6. The zero-order valence-electron chi connectivity index (χ0n) is 19.6. The molecule has 0 unspecified atom stereocenters. The summed E-state index contributed by atoms with van der Waals surface area (Å²) in [6, 6.07) is 1.20. The molecule has 2 atom stereocenters. The number of esters is 1. The van der Waals surface area contributed by atoms with Crippen LogP contribution in [-0.2, 0) is 14.3 Å². The number of nitrogens with one attached hydrogen (secondary N) is 1. The largest absolute Gasteiger partial charge is 0.463 e. The molecule has 0 aliphatic carbocycles. The zero-order valence-corrected chi connectivity index (χ0v) is 20.4. The second kappa shape index (κ2) is 10.5. The van der Waals surface area contributed by atoms with E-state index in [4.69, 9.17) is 4.74 Å². The van der Waals surface area contributed by atoms with E-state index in [0.717, 1.165) is 5.56 Å². The van der Waals surface area contributed by atoms with E-state index in [0.29, 0.717) is 49.8 Å². The Balaban J connectivity index is 1.85. The number of rotatable bonds is 7. The highest BCUT2D eigenvalue weighted by Gasteiger charge is 2.38. The monoisotopic (exact) mass is 462 g/mol. The number of urea groups is 1. The Morgan fingerprint density at radius 2 is 2.06 bits per heavy atom. The third kappa shape index (κ3) is 5.32. The molecule has 1 aromatic heterocycles. The number of amides is 3. The molecule has 0 spiro atoms. The van der Waals surface area contributed by atoms with Gasteiger partial charge < -0.3 is 15.0 Å². The number of carbonyl (C=O) groups is 3. The van der Waals surface area contributed by atoms with Gasteiger partial charge in [0.1, 0.15) is 0 Å².